The number of para-hydroxylation sites is 1. The number of nitrogens with one attached hydrogen (secondary N) is 1. The van der Waals surface area contributed by atoms with Crippen LogP contribution in [-0.4, -0.2) is 15.3 Å². The topological polar surface area (TPSA) is 80.4 Å². The van der Waals surface area contributed by atoms with Gasteiger partial charge < -0.3 is 19.6 Å². The van der Waals surface area contributed by atoms with E-state index >= 15 is 0 Å². The number of phenolic OH excluding ortho intramolecular Hbond substituents is 1. The first-order valence-corrected chi connectivity index (χ1v) is 6.36. The number of hydrogen-bond donors (Lipinski definition) is 2. The lowest BCUT2D eigenvalue weighted by molar-refractivity contribution is 0.265. The maximum Gasteiger partial charge on any atom is 0.320 e. The van der Waals surface area contributed by atoms with E-state index in [0.717, 1.165) is 5.75 Å². The van der Waals surface area contributed by atoms with Crippen molar-refractivity contribution < 1.29 is 14.3 Å². The zero-order valence-electron chi connectivity index (χ0n) is 11.1. The molecule has 6 nitrogen and oxygen atoms in total. The van der Waals surface area contributed by atoms with Crippen LogP contribution < -0.4 is 10.1 Å². The molecule has 0 atom stereocenters. The second-order valence-corrected chi connectivity index (χ2v) is 4.28. The van der Waals surface area contributed by atoms with Gasteiger partial charge in [0.1, 0.15) is 11.5 Å². The highest BCUT2D eigenvalue weighted by atomic mass is 16.5. The fourth-order valence-electron chi connectivity index (χ4n) is 1.73. The summed E-state index contributed by atoms with van der Waals surface area (Å²) < 4.78 is 10.9. The van der Waals surface area contributed by atoms with Gasteiger partial charge in [-0.2, -0.15) is 0 Å². The van der Waals surface area contributed by atoms with E-state index in [-0.39, 0.29) is 18.4 Å². The molecule has 0 saturated heterocycles. The summed E-state index contributed by atoms with van der Waals surface area (Å²) in [5.41, 5.74) is 0.661. The molecule has 21 heavy (non-hydrogen) atoms. The van der Waals surface area contributed by atoms with Crippen LogP contribution in [0.15, 0.2) is 59.0 Å². The summed E-state index contributed by atoms with van der Waals surface area (Å²) in [4.78, 5) is 0. The second-order valence-electron chi connectivity index (χ2n) is 4.28. The Bertz CT molecular complexity index is 713. The van der Waals surface area contributed by atoms with Gasteiger partial charge in [0.25, 0.3) is 5.89 Å². The molecular weight excluding hydrogens is 270 g/mol. The van der Waals surface area contributed by atoms with E-state index in [1.807, 2.05) is 30.3 Å². The average molecular weight is 283 g/mol. The monoisotopic (exact) mass is 283 g/mol. The van der Waals surface area contributed by atoms with E-state index in [4.69, 9.17) is 9.15 Å². The normalized spacial score (nSPS) is 10.3. The molecule has 0 amide bonds. The second kappa shape index (κ2) is 5.96. The Morgan fingerprint density at radius 1 is 1.05 bits per heavy atom. The zero-order valence-corrected chi connectivity index (χ0v) is 11.1. The molecule has 0 aliphatic rings. The van der Waals surface area contributed by atoms with Crippen molar-refractivity contribution in [3.05, 3.63) is 60.5 Å². The minimum Gasteiger partial charge on any atom is -0.508 e. The Morgan fingerprint density at radius 3 is 2.71 bits per heavy atom. The third-order valence-corrected chi connectivity index (χ3v) is 2.67. The van der Waals surface area contributed by atoms with Crippen molar-refractivity contribution in [2.24, 2.45) is 0 Å². The lowest BCUT2D eigenvalue weighted by Crippen LogP contribution is -1.95. The SMILES string of the molecule is Oc1cccc(Nc2nnc(COc3ccccc3)o2)c1. The van der Waals surface area contributed by atoms with E-state index in [0.29, 0.717) is 11.6 Å². The van der Waals surface area contributed by atoms with Crippen LogP contribution in [0.2, 0.25) is 0 Å². The number of anilines is 2. The molecule has 3 aromatic rings. The fourth-order valence-corrected chi connectivity index (χ4v) is 1.73. The van der Waals surface area contributed by atoms with Crippen molar-refractivity contribution in [2.45, 2.75) is 6.61 Å². The van der Waals surface area contributed by atoms with Crippen LogP contribution in [0.5, 0.6) is 11.5 Å². The van der Waals surface area contributed by atoms with Gasteiger partial charge in [-0.3, -0.25) is 0 Å². The summed E-state index contributed by atoms with van der Waals surface area (Å²) in [6.07, 6.45) is 0. The zero-order chi connectivity index (χ0) is 14.5. The number of benzene rings is 2. The maximum atomic E-state index is 9.38. The summed E-state index contributed by atoms with van der Waals surface area (Å²) in [6, 6.07) is 16.3. The summed E-state index contributed by atoms with van der Waals surface area (Å²) in [5.74, 6) is 1.26. The van der Waals surface area contributed by atoms with Gasteiger partial charge in [-0.25, -0.2) is 0 Å². The van der Waals surface area contributed by atoms with Gasteiger partial charge in [-0.05, 0) is 24.3 Å². The molecular formula is C15H13N3O3. The molecule has 0 unspecified atom stereocenters. The van der Waals surface area contributed by atoms with Crippen molar-refractivity contribution >= 4 is 11.7 Å². The van der Waals surface area contributed by atoms with E-state index in [1.165, 1.54) is 0 Å². The summed E-state index contributed by atoms with van der Waals surface area (Å²) in [7, 11) is 0. The van der Waals surface area contributed by atoms with Crippen LogP contribution in [0, 0.1) is 0 Å². The molecule has 0 fully saturated rings. The number of aromatic nitrogens is 2. The average Bonchev–Trinajstić information content (AvgIpc) is 2.94. The minimum absolute atomic E-state index is 0.159. The van der Waals surface area contributed by atoms with E-state index < -0.39 is 0 Å². The third kappa shape index (κ3) is 3.50. The fraction of sp³-hybridized carbons (Fsp3) is 0.0667. The van der Waals surface area contributed by atoms with Crippen LogP contribution in [0.4, 0.5) is 11.7 Å². The number of phenols is 1. The maximum absolute atomic E-state index is 9.38. The summed E-state index contributed by atoms with van der Waals surface area (Å²) in [5, 5.41) is 20.0. The Hall–Kier alpha value is -3.02. The number of nitrogens with zero attached hydrogens (tertiary/aromatic N) is 2. The Morgan fingerprint density at radius 2 is 1.90 bits per heavy atom. The first kappa shape index (κ1) is 13.0. The molecule has 0 saturated carbocycles. The summed E-state index contributed by atoms with van der Waals surface area (Å²) in [6.45, 7) is 0.193. The molecule has 2 N–H and O–H groups in total. The predicted molar refractivity (Wildman–Crippen MR) is 76.5 cm³/mol. The van der Waals surface area contributed by atoms with Crippen molar-refractivity contribution in [3.8, 4) is 11.5 Å². The highest BCUT2D eigenvalue weighted by molar-refractivity contribution is 5.54. The first-order chi connectivity index (χ1) is 10.3. The van der Waals surface area contributed by atoms with Crippen LogP contribution in [0.25, 0.3) is 0 Å². The van der Waals surface area contributed by atoms with Crippen molar-refractivity contribution in [3.63, 3.8) is 0 Å². The molecule has 0 bridgehead atoms. The van der Waals surface area contributed by atoms with Crippen molar-refractivity contribution in [2.75, 3.05) is 5.32 Å². The third-order valence-electron chi connectivity index (χ3n) is 2.67. The minimum atomic E-state index is 0.159. The van der Waals surface area contributed by atoms with Gasteiger partial charge >= 0.3 is 6.01 Å². The van der Waals surface area contributed by atoms with Crippen molar-refractivity contribution in [1.29, 1.82) is 0 Å². The quantitative estimate of drug-likeness (QED) is 0.749. The van der Waals surface area contributed by atoms with Crippen LogP contribution in [0.3, 0.4) is 0 Å². The van der Waals surface area contributed by atoms with Gasteiger partial charge in [0.15, 0.2) is 6.61 Å². The largest absolute Gasteiger partial charge is 0.508 e. The standard InChI is InChI=1S/C15H13N3O3/c19-12-6-4-5-11(9-12)16-15-18-17-14(21-15)10-20-13-7-2-1-3-8-13/h1-9,19H,10H2,(H,16,18). The van der Waals surface area contributed by atoms with Crippen LogP contribution in [-0.2, 0) is 6.61 Å². The highest BCUT2D eigenvalue weighted by Gasteiger charge is 2.07. The van der Waals surface area contributed by atoms with Crippen molar-refractivity contribution in [1.82, 2.24) is 10.2 Å². The summed E-state index contributed by atoms with van der Waals surface area (Å²) >= 11 is 0. The van der Waals surface area contributed by atoms with Gasteiger partial charge in [0.05, 0.1) is 0 Å². The Balaban J connectivity index is 1.61. The van der Waals surface area contributed by atoms with Crippen LogP contribution in [0.1, 0.15) is 5.89 Å². The Labute approximate surface area is 121 Å². The molecule has 1 heterocycles. The van der Waals surface area contributed by atoms with Crippen LogP contribution >= 0.6 is 0 Å². The van der Waals surface area contributed by atoms with Gasteiger partial charge in [0.2, 0.25) is 0 Å². The van der Waals surface area contributed by atoms with Gasteiger partial charge in [-0.15, -0.1) is 5.10 Å². The lowest BCUT2D eigenvalue weighted by Gasteiger charge is -2.02. The number of aromatic hydroxyl groups is 1. The first-order valence-electron chi connectivity index (χ1n) is 6.36. The molecule has 0 aliphatic carbocycles. The molecule has 106 valence electrons. The van der Waals surface area contributed by atoms with Gasteiger partial charge in [-0.1, -0.05) is 29.4 Å². The number of rotatable bonds is 5. The molecule has 0 spiro atoms. The predicted octanol–water partition coefficient (Wildman–Crippen LogP) is 3.10. The Kier molecular flexibility index (Phi) is 3.68. The lowest BCUT2D eigenvalue weighted by atomic mass is 10.3. The van der Waals surface area contributed by atoms with E-state index in [9.17, 15) is 5.11 Å². The molecule has 1 aromatic heterocycles. The molecule has 6 heteroatoms. The van der Waals surface area contributed by atoms with E-state index in [2.05, 4.69) is 15.5 Å². The smallest absolute Gasteiger partial charge is 0.320 e. The molecule has 2 aromatic carbocycles. The molecule has 0 aliphatic heterocycles. The molecule has 3 rings (SSSR count). The highest BCUT2D eigenvalue weighted by Crippen LogP contribution is 2.20. The van der Waals surface area contributed by atoms with E-state index in [1.54, 1.807) is 24.3 Å². The number of ether oxygens (including phenoxy) is 1. The number of hydrogen-bond acceptors (Lipinski definition) is 6. The molecule has 0 radical (unpaired) electrons. The van der Waals surface area contributed by atoms with Gasteiger partial charge in [0, 0.05) is 11.8 Å².